The molecule has 1 heterocycles. The Morgan fingerprint density at radius 1 is 0.900 bits per heavy atom. The Bertz CT molecular complexity index is 951. The average molecular weight is 406 g/mol. The van der Waals surface area contributed by atoms with Gasteiger partial charge in [0.1, 0.15) is 11.6 Å². The minimum Gasteiger partial charge on any atom is -0.497 e. The number of rotatable bonds is 7. The number of hydrogen-bond acceptors (Lipinski definition) is 3. The molecular formula is C26H28FNO2. The third-order valence-corrected chi connectivity index (χ3v) is 5.97. The molecule has 1 N–H and O–H groups in total. The molecular weight excluding hydrogens is 377 g/mol. The summed E-state index contributed by atoms with van der Waals surface area (Å²) in [5.74, 6) is 0.536. The molecule has 1 saturated heterocycles. The first kappa shape index (κ1) is 20.6. The Morgan fingerprint density at radius 2 is 1.63 bits per heavy atom. The minimum absolute atomic E-state index is 0.0468. The largest absolute Gasteiger partial charge is 0.497 e. The second-order valence-corrected chi connectivity index (χ2v) is 7.97. The molecule has 4 rings (SSSR count). The monoisotopic (exact) mass is 405 g/mol. The summed E-state index contributed by atoms with van der Waals surface area (Å²) in [5.41, 5.74) is 4.39. The van der Waals surface area contributed by atoms with Crippen molar-refractivity contribution in [1.29, 1.82) is 0 Å². The van der Waals surface area contributed by atoms with E-state index in [1.54, 1.807) is 19.2 Å². The van der Waals surface area contributed by atoms with Gasteiger partial charge in [0, 0.05) is 5.41 Å². The highest BCUT2D eigenvalue weighted by Crippen LogP contribution is 2.34. The smallest absolute Gasteiger partial charge is 0.123 e. The van der Waals surface area contributed by atoms with Crippen molar-refractivity contribution in [3.8, 4) is 16.9 Å². The fourth-order valence-corrected chi connectivity index (χ4v) is 4.25. The molecule has 0 aromatic heterocycles. The first-order valence-corrected chi connectivity index (χ1v) is 10.5. The van der Waals surface area contributed by atoms with Crippen LogP contribution in [0.15, 0.2) is 72.8 Å². The summed E-state index contributed by atoms with van der Waals surface area (Å²) in [4.78, 5) is 0. The highest BCUT2D eigenvalue weighted by atomic mass is 19.1. The van der Waals surface area contributed by atoms with Crippen molar-refractivity contribution in [3.63, 3.8) is 0 Å². The zero-order valence-electron chi connectivity index (χ0n) is 17.4. The lowest BCUT2D eigenvalue weighted by Gasteiger charge is -2.38. The third kappa shape index (κ3) is 4.72. The van der Waals surface area contributed by atoms with Gasteiger partial charge in [-0.1, -0.05) is 42.5 Å². The first-order chi connectivity index (χ1) is 14.7. The first-order valence-electron chi connectivity index (χ1n) is 10.5. The van der Waals surface area contributed by atoms with E-state index in [1.165, 1.54) is 17.7 Å². The van der Waals surface area contributed by atoms with Crippen LogP contribution >= 0.6 is 0 Å². The maximum absolute atomic E-state index is 13.3. The predicted octanol–water partition coefficient (Wildman–Crippen LogP) is 5.34. The van der Waals surface area contributed by atoms with Crippen molar-refractivity contribution >= 4 is 0 Å². The second-order valence-electron chi connectivity index (χ2n) is 7.97. The van der Waals surface area contributed by atoms with Crippen LogP contribution in [-0.4, -0.2) is 26.8 Å². The van der Waals surface area contributed by atoms with Gasteiger partial charge in [-0.25, -0.2) is 4.39 Å². The van der Waals surface area contributed by atoms with Crippen LogP contribution in [0.4, 0.5) is 4.39 Å². The summed E-state index contributed by atoms with van der Waals surface area (Å²) >= 11 is 0. The molecule has 3 aromatic carbocycles. The zero-order valence-corrected chi connectivity index (χ0v) is 17.4. The molecule has 4 heteroatoms. The third-order valence-electron chi connectivity index (χ3n) is 5.97. The van der Waals surface area contributed by atoms with Crippen LogP contribution < -0.4 is 10.1 Å². The molecule has 0 saturated carbocycles. The van der Waals surface area contributed by atoms with Gasteiger partial charge < -0.3 is 14.8 Å². The van der Waals surface area contributed by atoms with Crippen LogP contribution in [-0.2, 0) is 16.8 Å². The Hall–Kier alpha value is -2.69. The number of halogens is 1. The highest BCUT2D eigenvalue weighted by Gasteiger charge is 2.34. The minimum atomic E-state index is -0.238. The summed E-state index contributed by atoms with van der Waals surface area (Å²) < 4.78 is 25.1. The predicted molar refractivity (Wildman–Crippen MR) is 118 cm³/mol. The second kappa shape index (κ2) is 9.41. The maximum atomic E-state index is 13.3. The van der Waals surface area contributed by atoms with Crippen molar-refractivity contribution in [3.05, 3.63) is 89.7 Å². The molecule has 3 aromatic rings. The lowest BCUT2D eigenvalue weighted by molar-refractivity contribution is 0.0564. The number of methoxy groups -OCH3 is 1. The van der Waals surface area contributed by atoms with Crippen molar-refractivity contribution in [2.45, 2.75) is 24.9 Å². The zero-order chi connectivity index (χ0) is 20.8. The van der Waals surface area contributed by atoms with E-state index in [-0.39, 0.29) is 11.2 Å². The summed E-state index contributed by atoms with van der Waals surface area (Å²) in [6, 6.07) is 23.3. The molecule has 3 nitrogen and oxygen atoms in total. The molecule has 0 amide bonds. The Labute approximate surface area is 177 Å². The van der Waals surface area contributed by atoms with Gasteiger partial charge in [0.25, 0.3) is 0 Å². The lowest BCUT2D eigenvalue weighted by Crippen LogP contribution is -2.43. The van der Waals surface area contributed by atoms with Crippen LogP contribution in [0, 0.1) is 5.82 Å². The van der Waals surface area contributed by atoms with Gasteiger partial charge in [-0.05, 0) is 78.5 Å². The van der Waals surface area contributed by atoms with E-state index in [0.717, 1.165) is 48.4 Å². The summed E-state index contributed by atoms with van der Waals surface area (Å²) in [6.07, 6.45) is 2.13. The van der Waals surface area contributed by atoms with Crippen LogP contribution in [0.25, 0.3) is 11.1 Å². The Morgan fingerprint density at radius 3 is 2.33 bits per heavy atom. The lowest BCUT2D eigenvalue weighted by atomic mass is 9.74. The van der Waals surface area contributed by atoms with Crippen molar-refractivity contribution in [2.75, 3.05) is 26.8 Å². The molecule has 0 bridgehead atoms. The quantitative estimate of drug-likeness (QED) is 0.576. The van der Waals surface area contributed by atoms with Crippen LogP contribution in [0.5, 0.6) is 5.75 Å². The molecule has 0 aliphatic carbocycles. The maximum Gasteiger partial charge on any atom is 0.123 e. The molecule has 156 valence electrons. The molecule has 1 aliphatic heterocycles. The van der Waals surface area contributed by atoms with E-state index in [0.29, 0.717) is 13.2 Å². The van der Waals surface area contributed by atoms with Crippen molar-refractivity contribution < 1.29 is 13.9 Å². The van der Waals surface area contributed by atoms with E-state index in [4.69, 9.17) is 9.47 Å². The molecule has 0 unspecified atom stereocenters. The summed E-state index contributed by atoms with van der Waals surface area (Å²) in [5, 5.41) is 3.46. The molecule has 1 aliphatic rings. The Kier molecular flexibility index (Phi) is 6.46. The van der Waals surface area contributed by atoms with Crippen LogP contribution in [0.2, 0.25) is 0 Å². The number of benzene rings is 3. The fourth-order valence-electron chi connectivity index (χ4n) is 4.25. The van der Waals surface area contributed by atoms with Crippen molar-refractivity contribution in [2.24, 2.45) is 0 Å². The number of ether oxygens (including phenoxy) is 2. The molecule has 0 radical (unpaired) electrons. The molecule has 1 fully saturated rings. The van der Waals surface area contributed by atoms with Gasteiger partial charge in [0.2, 0.25) is 0 Å². The molecule has 0 atom stereocenters. The summed E-state index contributed by atoms with van der Waals surface area (Å²) in [6.45, 7) is 3.20. The van der Waals surface area contributed by atoms with Crippen LogP contribution in [0.3, 0.4) is 0 Å². The van der Waals surface area contributed by atoms with E-state index in [9.17, 15) is 4.39 Å². The Balaban J connectivity index is 1.51. The van der Waals surface area contributed by atoms with E-state index >= 15 is 0 Å². The van der Waals surface area contributed by atoms with Gasteiger partial charge in [-0.3, -0.25) is 0 Å². The number of hydrogen-bond donors (Lipinski definition) is 1. The molecule has 30 heavy (non-hydrogen) atoms. The van der Waals surface area contributed by atoms with Gasteiger partial charge in [0.05, 0.1) is 20.3 Å². The van der Waals surface area contributed by atoms with Crippen molar-refractivity contribution in [1.82, 2.24) is 5.32 Å². The van der Waals surface area contributed by atoms with E-state index in [2.05, 4.69) is 41.7 Å². The standard InChI is InChI=1S/C26H28FNO2/c1-29-25-16-20(15-22(17-25)21-7-9-24(27)10-8-21)18-30-19-26(11-13-28-14-12-26)23-5-3-2-4-6-23/h2-10,15-17,28H,11-14,18-19H2,1H3. The molecule has 0 spiro atoms. The topological polar surface area (TPSA) is 30.5 Å². The average Bonchev–Trinajstić information content (AvgIpc) is 2.80. The van der Waals surface area contributed by atoms with Gasteiger partial charge in [-0.2, -0.15) is 0 Å². The number of piperidine rings is 1. The van der Waals surface area contributed by atoms with Gasteiger partial charge in [-0.15, -0.1) is 0 Å². The highest BCUT2D eigenvalue weighted by molar-refractivity contribution is 5.66. The fraction of sp³-hybridized carbons (Fsp3) is 0.308. The van der Waals surface area contributed by atoms with Gasteiger partial charge in [0.15, 0.2) is 0 Å². The number of nitrogens with one attached hydrogen (secondary N) is 1. The van der Waals surface area contributed by atoms with E-state index < -0.39 is 0 Å². The SMILES string of the molecule is COc1cc(COCC2(c3ccccc3)CCNCC2)cc(-c2ccc(F)cc2)c1. The van der Waals surface area contributed by atoms with Gasteiger partial charge >= 0.3 is 0 Å². The van der Waals surface area contributed by atoms with Crippen LogP contribution in [0.1, 0.15) is 24.0 Å². The normalized spacial score (nSPS) is 15.7. The summed E-state index contributed by atoms with van der Waals surface area (Å²) in [7, 11) is 1.66. The van der Waals surface area contributed by atoms with E-state index in [1.807, 2.05) is 12.1 Å².